The van der Waals surface area contributed by atoms with Crippen LogP contribution < -0.4 is 0 Å². The van der Waals surface area contributed by atoms with E-state index >= 15 is 0 Å². The van der Waals surface area contributed by atoms with Gasteiger partial charge in [0.05, 0.1) is 0 Å². The quantitative estimate of drug-likeness (QED) is 0.627. The van der Waals surface area contributed by atoms with Gasteiger partial charge in [-0.1, -0.05) is 12.2 Å². The molecule has 0 nitrogen and oxygen atoms in total. The molecule has 0 N–H and O–H groups in total. The highest BCUT2D eigenvalue weighted by Gasteiger charge is 2.15. The van der Waals surface area contributed by atoms with Crippen molar-refractivity contribution in [1.82, 2.24) is 0 Å². The average Bonchev–Trinajstić information content (AvgIpc) is 2.74. The van der Waals surface area contributed by atoms with Crippen molar-refractivity contribution in [2.45, 2.75) is 36.2 Å². The Kier molecular flexibility index (Phi) is 3.47. The van der Waals surface area contributed by atoms with E-state index in [1.54, 1.807) is 0 Å². The van der Waals surface area contributed by atoms with Gasteiger partial charge in [0.2, 0.25) is 0 Å². The molecule has 0 aromatic carbocycles. The molecule has 2 rings (SSSR count). The van der Waals surface area contributed by atoms with Crippen molar-refractivity contribution in [2.75, 3.05) is 11.5 Å². The molecular weight excluding hydrogens is 184 g/mol. The van der Waals surface area contributed by atoms with Crippen molar-refractivity contribution < 1.29 is 0 Å². The van der Waals surface area contributed by atoms with E-state index in [4.69, 9.17) is 0 Å². The van der Waals surface area contributed by atoms with Crippen molar-refractivity contribution in [1.29, 1.82) is 0 Å². The second-order valence-corrected chi connectivity index (χ2v) is 6.18. The lowest BCUT2D eigenvalue weighted by Crippen LogP contribution is -1.94. The molecule has 2 heteroatoms. The summed E-state index contributed by atoms with van der Waals surface area (Å²) in [5, 5.41) is 1.71. The van der Waals surface area contributed by atoms with Gasteiger partial charge in [-0.25, -0.2) is 0 Å². The molecule has 2 aliphatic heterocycles. The first-order valence-electron chi connectivity index (χ1n) is 4.87. The van der Waals surface area contributed by atoms with Gasteiger partial charge in [0.1, 0.15) is 0 Å². The Labute approximate surface area is 83.6 Å². The fourth-order valence-corrected chi connectivity index (χ4v) is 4.10. The minimum absolute atomic E-state index is 0.853. The first-order valence-corrected chi connectivity index (χ1v) is 6.96. The molecule has 12 heavy (non-hydrogen) atoms. The maximum absolute atomic E-state index is 2.46. The van der Waals surface area contributed by atoms with Crippen LogP contribution in [0.5, 0.6) is 0 Å². The Balaban J connectivity index is 1.75. The topological polar surface area (TPSA) is 0 Å². The summed E-state index contributed by atoms with van der Waals surface area (Å²) in [6.45, 7) is 0. The van der Waals surface area contributed by atoms with E-state index in [2.05, 4.69) is 35.7 Å². The van der Waals surface area contributed by atoms with Crippen molar-refractivity contribution >= 4 is 23.5 Å². The smallest absolute Gasteiger partial charge is 0.0227 e. The molecule has 0 bridgehead atoms. The second kappa shape index (κ2) is 4.61. The molecule has 68 valence electrons. The fourth-order valence-electron chi connectivity index (χ4n) is 1.76. The van der Waals surface area contributed by atoms with Gasteiger partial charge in [0, 0.05) is 10.5 Å². The molecule has 2 saturated heterocycles. The van der Waals surface area contributed by atoms with Crippen molar-refractivity contribution in [3.8, 4) is 0 Å². The molecule has 0 aromatic rings. The van der Waals surface area contributed by atoms with Gasteiger partial charge >= 0.3 is 0 Å². The fraction of sp³-hybridized carbons (Fsp3) is 0.800. The Morgan fingerprint density at radius 2 is 1.33 bits per heavy atom. The van der Waals surface area contributed by atoms with Gasteiger partial charge in [-0.3, -0.25) is 0 Å². The number of thioether (sulfide) groups is 2. The standard InChI is InChI=1S/C10H16S2/c1-3-9(11-7-1)5-6-10-4-2-8-12-10/h5-6,9-10H,1-4,7-8H2/b6-5+. The normalized spacial score (nSPS) is 36.7. The Hall–Kier alpha value is 0.440. The highest BCUT2D eigenvalue weighted by Crippen LogP contribution is 2.30. The van der Waals surface area contributed by atoms with Crippen LogP contribution in [0.15, 0.2) is 12.2 Å². The van der Waals surface area contributed by atoms with Crippen LogP contribution >= 0.6 is 23.5 Å². The van der Waals surface area contributed by atoms with E-state index in [0.29, 0.717) is 0 Å². The van der Waals surface area contributed by atoms with Gasteiger partial charge in [-0.15, -0.1) is 0 Å². The Morgan fingerprint density at radius 1 is 0.833 bits per heavy atom. The highest BCUT2D eigenvalue weighted by atomic mass is 32.2. The summed E-state index contributed by atoms with van der Waals surface area (Å²) in [5.74, 6) is 2.76. The van der Waals surface area contributed by atoms with E-state index in [1.165, 1.54) is 37.2 Å². The van der Waals surface area contributed by atoms with Crippen LogP contribution in [0.3, 0.4) is 0 Å². The van der Waals surface area contributed by atoms with E-state index < -0.39 is 0 Å². The van der Waals surface area contributed by atoms with E-state index in [-0.39, 0.29) is 0 Å². The van der Waals surface area contributed by atoms with Crippen molar-refractivity contribution in [2.24, 2.45) is 0 Å². The van der Waals surface area contributed by atoms with Crippen molar-refractivity contribution in [3.05, 3.63) is 12.2 Å². The number of hydrogen-bond donors (Lipinski definition) is 0. The van der Waals surface area contributed by atoms with Gasteiger partial charge < -0.3 is 0 Å². The lowest BCUT2D eigenvalue weighted by Gasteiger charge is -2.03. The van der Waals surface area contributed by atoms with E-state index in [9.17, 15) is 0 Å². The minimum Gasteiger partial charge on any atom is -0.154 e. The summed E-state index contributed by atoms with van der Waals surface area (Å²) in [5.41, 5.74) is 0. The molecule has 0 aliphatic carbocycles. The molecule has 0 aromatic heterocycles. The van der Waals surface area contributed by atoms with Crippen LogP contribution in [0.1, 0.15) is 25.7 Å². The third kappa shape index (κ3) is 2.46. The maximum atomic E-state index is 2.46. The third-order valence-electron chi connectivity index (χ3n) is 2.47. The number of rotatable bonds is 2. The molecule has 2 unspecified atom stereocenters. The Morgan fingerprint density at radius 3 is 1.67 bits per heavy atom. The van der Waals surface area contributed by atoms with Gasteiger partial charge in [0.15, 0.2) is 0 Å². The summed E-state index contributed by atoms with van der Waals surface area (Å²) >= 11 is 4.26. The second-order valence-electron chi connectivity index (χ2n) is 3.49. The monoisotopic (exact) mass is 200 g/mol. The van der Waals surface area contributed by atoms with Gasteiger partial charge in [-0.05, 0) is 37.2 Å². The summed E-state index contributed by atoms with van der Waals surface area (Å²) < 4.78 is 0. The van der Waals surface area contributed by atoms with Crippen molar-refractivity contribution in [3.63, 3.8) is 0 Å². The predicted octanol–water partition coefficient (Wildman–Crippen LogP) is 3.33. The first-order chi connectivity index (χ1) is 5.95. The summed E-state index contributed by atoms with van der Waals surface area (Å²) in [7, 11) is 0. The molecule has 2 fully saturated rings. The lowest BCUT2D eigenvalue weighted by atomic mass is 10.2. The van der Waals surface area contributed by atoms with E-state index in [1.807, 2.05) is 0 Å². The minimum atomic E-state index is 0.853. The largest absolute Gasteiger partial charge is 0.154 e. The van der Waals surface area contributed by atoms with Crippen LogP contribution in [0, 0.1) is 0 Å². The lowest BCUT2D eigenvalue weighted by molar-refractivity contribution is 0.859. The zero-order valence-corrected chi connectivity index (χ0v) is 9.00. The average molecular weight is 200 g/mol. The molecule has 0 saturated carbocycles. The summed E-state index contributed by atoms with van der Waals surface area (Å²) in [6, 6.07) is 0. The molecule has 2 aliphatic rings. The molecule has 2 heterocycles. The predicted molar refractivity (Wildman–Crippen MR) is 60.1 cm³/mol. The van der Waals surface area contributed by atoms with Crippen LogP contribution in [-0.4, -0.2) is 22.0 Å². The van der Waals surface area contributed by atoms with Crippen LogP contribution in [0.25, 0.3) is 0 Å². The molecule has 0 amide bonds. The molecule has 0 radical (unpaired) electrons. The van der Waals surface area contributed by atoms with Gasteiger partial charge in [-0.2, -0.15) is 23.5 Å². The van der Waals surface area contributed by atoms with Crippen LogP contribution in [0.4, 0.5) is 0 Å². The molecule has 2 atom stereocenters. The highest BCUT2D eigenvalue weighted by molar-refractivity contribution is 8.00. The molecule has 0 spiro atoms. The van der Waals surface area contributed by atoms with Gasteiger partial charge in [0.25, 0.3) is 0 Å². The summed E-state index contributed by atoms with van der Waals surface area (Å²) in [4.78, 5) is 0. The third-order valence-corrected chi connectivity index (χ3v) is 5.16. The molecular formula is C10H16S2. The van der Waals surface area contributed by atoms with E-state index in [0.717, 1.165) is 10.5 Å². The van der Waals surface area contributed by atoms with Crippen LogP contribution in [0.2, 0.25) is 0 Å². The Bertz CT molecular complexity index is 135. The summed E-state index contributed by atoms with van der Waals surface area (Å²) in [6.07, 6.45) is 10.6. The SMILES string of the molecule is C(=C\C1CCCS1)/C1CCCS1. The zero-order chi connectivity index (χ0) is 8.23. The number of hydrogen-bond acceptors (Lipinski definition) is 2. The van der Waals surface area contributed by atoms with Crippen LogP contribution in [-0.2, 0) is 0 Å². The first kappa shape index (κ1) is 9.01. The zero-order valence-electron chi connectivity index (χ0n) is 7.37. The maximum Gasteiger partial charge on any atom is 0.0227 e.